The van der Waals surface area contributed by atoms with Crippen molar-refractivity contribution in [2.75, 3.05) is 54.1 Å². The second kappa shape index (κ2) is 32.7. The number of likely N-dealkylation sites (N-methyl/N-ethyl adjacent to an activating group) is 1. The van der Waals surface area contributed by atoms with E-state index in [1.165, 1.54) is 128 Å². The van der Waals surface area contributed by atoms with E-state index < -0.39 is 13.9 Å². The molecule has 0 fully saturated rings. The molecule has 9 heteroatoms. The molecule has 0 spiro atoms. The van der Waals surface area contributed by atoms with Gasteiger partial charge in [0.2, 0.25) is 0 Å². The normalized spacial score (nSPS) is 13.9. The summed E-state index contributed by atoms with van der Waals surface area (Å²) in [5.41, 5.74) is 0. The molecule has 0 saturated carbocycles. The zero-order chi connectivity index (χ0) is 34.9. The summed E-state index contributed by atoms with van der Waals surface area (Å²) in [7, 11) is 1.68. The molecule has 0 radical (unpaired) electrons. The second-order valence-electron chi connectivity index (χ2n) is 14.7. The van der Waals surface area contributed by atoms with E-state index in [-0.39, 0.29) is 25.8 Å². The first-order valence-electron chi connectivity index (χ1n) is 19.8. The lowest BCUT2D eigenvalue weighted by molar-refractivity contribution is -0.870. The van der Waals surface area contributed by atoms with Crippen LogP contribution >= 0.6 is 7.82 Å². The summed E-state index contributed by atoms with van der Waals surface area (Å²) in [6.07, 6.45) is 31.2. The topological polar surface area (TPSA) is 91.3 Å². The van der Waals surface area contributed by atoms with Crippen molar-refractivity contribution in [2.24, 2.45) is 0 Å². The fourth-order valence-corrected chi connectivity index (χ4v) is 6.29. The minimum Gasteiger partial charge on any atom is -0.457 e. The molecule has 2 unspecified atom stereocenters. The summed E-state index contributed by atoms with van der Waals surface area (Å²) in [5, 5.41) is 0. The maximum Gasteiger partial charge on any atom is 0.472 e. The van der Waals surface area contributed by atoms with Gasteiger partial charge < -0.3 is 18.9 Å². The largest absolute Gasteiger partial charge is 0.472 e. The number of phosphoric ester groups is 1. The van der Waals surface area contributed by atoms with Crippen LogP contribution in [0.15, 0.2) is 0 Å². The van der Waals surface area contributed by atoms with Gasteiger partial charge in [0.15, 0.2) is 0 Å². The first kappa shape index (κ1) is 46.5. The van der Waals surface area contributed by atoms with E-state index in [1.54, 1.807) is 0 Å². The highest BCUT2D eigenvalue weighted by atomic mass is 31.2. The molecule has 0 aliphatic heterocycles. The summed E-state index contributed by atoms with van der Waals surface area (Å²) in [6, 6.07) is 0. The van der Waals surface area contributed by atoms with Crippen molar-refractivity contribution in [3.63, 3.8) is 0 Å². The fourth-order valence-electron chi connectivity index (χ4n) is 5.55. The lowest BCUT2D eigenvalue weighted by Gasteiger charge is -2.24. The van der Waals surface area contributed by atoms with Gasteiger partial charge in [0.05, 0.1) is 34.4 Å². The number of hydrogen-bond acceptors (Lipinski definition) is 6. The van der Waals surface area contributed by atoms with Gasteiger partial charge in [-0.1, -0.05) is 162 Å². The monoisotopic (exact) mass is 693 g/mol. The van der Waals surface area contributed by atoms with Gasteiger partial charge >= 0.3 is 13.8 Å². The molecule has 0 rings (SSSR count). The van der Waals surface area contributed by atoms with Crippen LogP contribution in [0.4, 0.5) is 0 Å². The van der Waals surface area contributed by atoms with Gasteiger partial charge in [-0.25, -0.2) is 4.57 Å². The standard InChI is InChI=1S/C38H78NO7P/c1-6-8-10-12-14-16-18-20-21-23-25-27-29-31-38(40)46-37(36-45-47(41,42)44-34-32-39(3,4)5)35-43-33-30-28-26-24-22-19-17-15-13-11-9-7-2/h37H,6-36H2,1-5H3/p+1. The van der Waals surface area contributed by atoms with Gasteiger partial charge in [-0.15, -0.1) is 0 Å². The summed E-state index contributed by atoms with van der Waals surface area (Å²) in [4.78, 5) is 22.8. The van der Waals surface area contributed by atoms with E-state index in [0.29, 0.717) is 24.1 Å². The molecular formula is C38H79NO7P+. The minimum absolute atomic E-state index is 0.0935. The number of quaternary nitrogens is 1. The van der Waals surface area contributed by atoms with Gasteiger partial charge in [-0.05, 0) is 12.8 Å². The molecule has 0 aliphatic carbocycles. The zero-order valence-electron chi connectivity index (χ0n) is 31.8. The Balaban J connectivity index is 4.26. The van der Waals surface area contributed by atoms with Crippen LogP contribution in [-0.2, 0) is 27.9 Å². The summed E-state index contributed by atoms with van der Waals surface area (Å²) in [5.74, 6) is -0.311. The Morgan fingerprint density at radius 3 is 1.40 bits per heavy atom. The molecule has 0 aromatic heterocycles. The Morgan fingerprint density at radius 1 is 0.574 bits per heavy atom. The molecule has 2 atom stereocenters. The first-order chi connectivity index (χ1) is 22.6. The van der Waals surface area contributed by atoms with Crippen molar-refractivity contribution in [2.45, 2.75) is 187 Å². The number of hydrogen-bond donors (Lipinski definition) is 1. The highest BCUT2D eigenvalue weighted by Gasteiger charge is 2.26. The van der Waals surface area contributed by atoms with Crippen molar-refractivity contribution >= 4 is 13.8 Å². The number of nitrogens with zero attached hydrogens (tertiary/aromatic N) is 1. The summed E-state index contributed by atoms with van der Waals surface area (Å²) < 4.78 is 34.9. The Bertz CT molecular complexity index is 731. The number of esters is 1. The van der Waals surface area contributed by atoms with E-state index in [4.69, 9.17) is 18.5 Å². The van der Waals surface area contributed by atoms with Crippen LogP contribution in [0.3, 0.4) is 0 Å². The van der Waals surface area contributed by atoms with Crippen molar-refractivity contribution < 1.29 is 37.3 Å². The number of unbranched alkanes of at least 4 members (excludes halogenated alkanes) is 23. The third kappa shape index (κ3) is 36.6. The van der Waals surface area contributed by atoms with E-state index in [0.717, 1.165) is 32.1 Å². The van der Waals surface area contributed by atoms with Crippen LogP contribution in [0.2, 0.25) is 0 Å². The average Bonchev–Trinajstić information content (AvgIpc) is 3.01. The van der Waals surface area contributed by atoms with Gasteiger partial charge in [0.25, 0.3) is 0 Å². The predicted molar refractivity (Wildman–Crippen MR) is 197 cm³/mol. The van der Waals surface area contributed by atoms with Gasteiger partial charge in [-0.3, -0.25) is 13.8 Å². The average molecular weight is 693 g/mol. The van der Waals surface area contributed by atoms with Gasteiger partial charge in [0, 0.05) is 13.0 Å². The highest BCUT2D eigenvalue weighted by Crippen LogP contribution is 2.43. The van der Waals surface area contributed by atoms with Crippen molar-refractivity contribution in [1.82, 2.24) is 0 Å². The number of carbonyl (C=O) groups is 1. The van der Waals surface area contributed by atoms with E-state index >= 15 is 0 Å². The Kier molecular flexibility index (Phi) is 32.3. The Morgan fingerprint density at radius 2 is 0.979 bits per heavy atom. The lowest BCUT2D eigenvalue weighted by Crippen LogP contribution is -2.37. The fraction of sp³-hybridized carbons (Fsp3) is 0.974. The van der Waals surface area contributed by atoms with Crippen molar-refractivity contribution in [1.29, 1.82) is 0 Å². The van der Waals surface area contributed by atoms with Gasteiger partial charge in [0.1, 0.15) is 19.3 Å². The van der Waals surface area contributed by atoms with Crippen LogP contribution in [0, 0.1) is 0 Å². The number of carbonyl (C=O) groups excluding carboxylic acids is 1. The number of rotatable bonds is 37. The number of phosphoric acid groups is 1. The molecule has 8 nitrogen and oxygen atoms in total. The Hall–Kier alpha value is -0.500. The van der Waals surface area contributed by atoms with Crippen LogP contribution in [-0.4, -0.2) is 75.6 Å². The molecule has 0 bridgehead atoms. The molecule has 282 valence electrons. The summed E-state index contributed by atoms with van der Waals surface area (Å²) >= 11 is 0. The first-order valence-corrected chi connectivity index (χ1v) is 21.3. The lowest BCUT2D eigenvalue weighted by atomic mass is 10.0. The Labute approximate surface area is 291 Å². The van der Waals surface area contributed by atoms with Crippen LogP contribution in [0.5, 0.6) is 0 Å². The zero-order valence-corrected chi connectivity index (χ0v) is 32.7. The second-order valence-corrected chi connectivity index (χ2v) is 16.1. The molecule has 0 saturated heterocycles. The molecule has 1 N–H and O–H groups in total. The van der Waals surface area contributed by atoms with Crippen LogP contribution in [0.1, 0.15) is 181 Å². The molecule has 0 aromatic carbocycles. The van der Waals surface area contributed by atoms with Crippen LogP contribution in [0.25, 0.3) is 0 Å². The molecule has 0 amide bonds. The minimum atomic E-state index is -4.26. The van der Waals surface area contributed by atoms with Crippen molar-refractivity contribution in [3.05, 3.63) is 0 Å². The highest BCUT2D eigenvalue weighted by molar-refractivity contribution is 7.47. The maximum atomic E-state index is 12.6. The molecule has 0 aliphatic rings. The third-order valence-corrected chi connectivity index (χ3v) is 9.65. The smallest absolute Gasteiger partial charge is 0.457 e. The van der Waals surface area contributed by atoms with E-state index in [2.05, 4.69) is 13.8 Å². The van der Waals surface area contributed by atoms with E-state index in [1.807, 2.05) is 21.1 Å². The van der Waals surface area contributed by atoms with Gasteiger partial charge in [-0.2, -0.15) is 0 Å². The molecule has 0 heterocycles. The van der Waals surface area contributed by atoms with E-state index in [9.17, 15) is 14.3 Å². The number of ether oxygens (including phenoxy) is 2. The maximum absolute atomic E-state index is 12.6. The SMILES string of the molecule is CCCCCCCCCCCCCCCC(=O)OC(COCCCCCCCCCCCCCC)COP(=O)(O)OCC[N+](C)(C)C. The summed E-state index contributed by atoms with van der Waals surface area (Å²) in [6.45, 7) is 5.65. The predicted octanol–water partition coefficient (Wildman–Crippen LogP) is 10.9. The quantitative estimate of drug-likeness (QED) is 0.0300. The molecule has 47 heavy (non-hydrogen) atoms. The van der Waals surface area contributed by atoms with Crippen molar-refractivity contribution in [3.8, 4) is 0 Å². The molecule has 0 aromatic rings. The van der Waals surface area contributed by atoms with Crippen LogP contribution < -0.4 is 0 Å². The third-order valence-electron chi connectivity index (χ3n) is 8.67. The molecular weight excluding hydrogens is 613 g/mol.